The van der Waals surface area contributed by atoms with Crippen LogP contribution in [0.5, 0.6) is 0 Å². The van der Waals surface area contributed by atoms with E-state index in [1.807, 2.05) is 6.20 Å². The minimum Gasteiger partial charge on any atom is -0.342 e. The van der Waals surface area contributed by atoms with Crippen LogP contribution in [0.1, 0.15) is 47.7 Å². The van der Waals surface area contributed by atoms with Gasteiger partial charge in [0.1, 0.15) is 5.82 Å². The molecule has 3 nitrogen and oxygen atoms in total. The number of imidazole rings is 1. The van der Waals surface area contributed by atoms with Crippen LogP contribution in [0.2, 0.25) is 0 Å². The van der Waals surface area contributed by atoms with Crippen LogP contribution < -0.4 is 5.32 Å². The molecule has 2 fully saturated rings. The van der Waals surface area contributed by atoms with Crippen LogP contribution in [0.15, 0.2) is 18.3 Å². The zero-order valence-corrected chi connectivity index (χ0v) is 13.0. The van der Waals surface area contributed by atoms with Gasteiger partial charge in [-0.1, -0.05) is 6.07 Å². The predicted molar refractivity (Wildman–Crippen MR) is 85.5 cm³/mol. The fourth-order valence-corrected chi connectivity index (χ4v) is 4.04. The van der Waals surface area contributed by atoms with Crippen molar-refractivity contribution in [3.05, 3.63) is 40.8 Å². The Kier molecular flexibility index (Phi) is 2.93. The lowest BCUT2D eigenvalue weighted by Gasteiger charge is -2.17. The second kappa shape index (κ2) is 4.70. The van der Waals surface area contributed by atoms with Crippen LogP contribution in [0.4, 0.5) is 0 Å². The Morgan fingerprint density at radius 1 is 1.05 bits per heavy atom. The van der Waals surface area contributed by atoms with E-state index in [-0.39, 0.29) is 0 Å². The topological polar surface area (TPSA) is 40.7 Å². The van der Waals surface area contributed by atoms with E-state index < -0.39 is 0 Å². The van der Waals surface area contributed by atoms with E-state index in [9.17, 15) is 0 Å². The van der Waals surface area contributed by atoms with Crippen LogP contribution in [-0.4, -0.2) is 22.1 Å². The highest BCUT2D eigenvalue weighted by molar-refractivity contribution is 5.65. The van der Waals surface area contributed by atoms with Gasteiger partial charge in [0, 0.05) is 23.6 Å². The van der Waals surface area contributed by atoms with E-state index in [0.29, 0.717) is 12.0 Å². The highest BCUT2D eigenvalue weighted by Crippen LogP contribution is 2.39. The molecule has 110 valence electrons. The summed E-state index contributed by atoms with van der Waals surface area (Å²) in [7, 11) is 0. The third kappa shape index (κ3) is 2.11. The van der Waals surface area contributed by atoms with E-state index >= 15 is 0 Å². The first kappa shape index (κ1) is 13.1. The molecule has 1 aromatic heterocycles. The SMILES string of the molecule is Cc1cc(C)c(-c2cnc(C3CC4CCC3N4)[nH]2)cc1C. The van der Waals surface area contributed by atoms with Gasteiger partial charge in [0.15, 0.2) is 0 Å². The van der Waals surface area contributed by atoms with Crippen molar-refractivity contribution in [1.82, 2.24) is 15.3 Å². The van der Waals surface area contributed by atoms with Gasteiger partial charge in [-0.05, 0) is 62.8 Å². The molecule has 2 aromatic rings. The molecule has 21 heavy (non-hydrogen) atoms. The normalized spacial score (nSPS) is 27.5. The lowest BCUT2D eigenvalue weighted by atomic mass is 9.89. The molecule has 3 atom stereocenters. The average Bonchev–Trinajstić information content (AvgIpc) is 3.17. The molecule has 0 saturated carbocycles. The van der Waals surface area contributed by atoms with E-state index in [1.54, 1.807) is 0 Å². The average molecular weight is 281 g/mol. The van der Waals surface area contributed by atoms with Gasteiger partial charge >= 0.3 is 0 Å². The van der Waals surface area contributed by atoms with Gasteiger partial charge < -0.3 is 10.3 Å². The lowest BCUT2D eigenvalue weighted by molar-refractivity contribution is 0.490. The van der Waals surface area contributed by atoms with Crippen molar-refractivity contribution in [2.75, 3.05) is 0 Å². The Balaban J connectivity index is 1.67. The maximum atomic E-state index is 4.69. The van der Waals surface area contributed by atoms with Gasteiger partial charge in [-0.25, -0.2) is 4.98 Å². The third-order valence-electron chi connectivity index (χ3n) is 5.38. The number of hydrogen-bond acceptors (Lipinski definition) is 2. The maximum Gasteiger partial charge on any atom is 0.111 e. The number of aromatic nitrogens is 2. The van der Waals surface area contributed by atoms with Crippen molar-refractivity contribution in [2.24, 2.45) is 0 Å². The molecule has 2 aliphatic rings. The molecule has 0 spiro atoms. The van der Waals surface area contributed by atoms with Crippen LogP contribution >= 0.6 is 0 Å². The highest BCUT2D eigenvalue weighted by Gasteiger charge is 2.41. The maximum absolute atomic E-state index is 4.69. The first-order chi connectivity index (χ1) is 10.1. The van der Waals surface area contributed by atoms with Crippen LogP contribution in [0.3, 0.4) is 0 Å². The lowest BCUT2D eigenvalue weighted by Crippen LogP contribution is -2.22. The largest absolute Gasteiger partial charge is 0.342 e. The molecule has 1 aromatic carbocycles. The molecule has 0 amide bonds. The number of rotatable bonds is 2. The number of aromatic amines is 1. The minimum atomic E-state index is 0.573. The van der Waals surface area contributed by atoms with Gasteiger partial charge in [-0.3, -0.25) is 0 Å². The summed E-state index contributed by atoms with van der Waals surface area (Å²) in [6, 6.07) is 5.90. The number of hydrogen-bond donors (Lipinski definition) is 2. The quantitative estimate of drug-likeness (QED) is 0.883. The van der Waals surface area contributed by atoms with Gasteiger partial charge in [0.2, 0.25) is 0 Å². The van der Waals surface area contributed by atoms with E-state index in [4.69, 9.17) is 4.98 Å². The van der Waals surface area contributed by atoms with Crippen molar-refractivity contribution < 1.29 is 0 Å². The van der Waals surface area contributed by atoms with Crippen LogP contribution in [0, 0.1) is 20.8 Å². The molecule has 2 bridgehead atoms. The van der Waals surface area contributed by atoms with Crippen LogP contribution in [0.25, 0.3) is 11.3 Å². The Labute approximate surface area is 126 Å². The van der Waals surface area contributed by atoms with Crippen molar-refractivity contribution in [1.29, 1.82) is 0 Å². The predicted octanol–water partition coefficient (Wildman–Crippen LogP) is 3.61. The summed E-state index contributed by atoms with van der Waals surface area (Å²) in [5, 5.41) is 3.69. The molecular formula is C18H23N3. The number of fused-ring (bicyclic) bond motifs is 2. The summed E-state index contributed by atoms with van der Waals surface area (Å²) in [4.78, 5) is 8.28. The Bertz CT molecular complexity index is 686. The van der Waals surface area contributed by atoms with Crippen LogP contribution in [-0.2, 0) is 0 Å². The molecule has 0 aliphatic carbocycles. The molecule has 3 heterocycles. The zero-order valence-electron chi connectivity index (χ0n) is 13.0. The number of nitrogens with one attached hydrogen (secondary N) is 2. The summed E-state index contributed by atoms with van der Waals surface area (Å²) in [6.45, 7) is 6.53. The molecule has 2 N–H and O–H groups in total. The molecule has 3 unspecified atom stereocenters. The fourth-order valence-electron chi connectivity index (χ4n) is 4.04. The standard InChI is InChI=1S/C18H23N3/c1-10-6-12(3)14(7-11(10)2)17-9-19-18(21-17)15-8-13-4-5-16(15)20-13/h6-7,9,13,15-16,20H,4-5,8H2,1-3H3,(H,19,21). The molecule has 2 saturated heterocycles. The summed E-state index contributed by atoms with van der Waals surface area (Å²) >= 11 is 0. The number of benzene rings is 1. The van der Waals surface area contributed by atoms with Crippen molar-refractivity contribution in [2.45, 2.75) is 58.0 Å². The molecule has 0 radical (unpaired) electrons. The summed E-state index contributed by atoms with van der Waals surface area (Å²) < 4.78 is 0. The first-order valence-corrected chi connectivity index (χ1v) is 8.01. The first-order valence-electron chi connectivity index (χ1n) is 8.01. The zero-order chi connectivity index (χ0) is 14.6. The fraction of sp³-hybridized carbons (Fsp3) is 0.500. The molecule has 4 rings (SSSR count). The Morgan fingerprint density at radius 3 is 2.57 bits per heavy atom. The number of nitrogens with zero attached hydrogens (tertiary/aromatic N) is 1. The van der Waals surface area contributed by atoms with E-state index in [0.717, 1.165) is 11.7 Å². The number of aryl methyl sites for hydroxylation is 3. The second-order valence-electron chi connectivity index (χ2n) is 6.82. The minimum absolute atomic E-state index is 0.573. The monoisotopic (exact) mass is 281 g/mol. The Morgan fingerprint density at radius 2 is 1.86 bits per heavy atom. The summed E-state index contributed by atoms with van der Waals surface area (Å²) in [5.41, 5.74) is 6.46. The Hall–Kier alpha value is -1.61. The molecular weight excluding hydrogens is 258 g/mol. The smallest absolute Gasteiger partial charge is 0.111 e. The third-order valence-corrected chi connectivity index (χ3v) is 5.38. The highest BCUT2D eigenvalue weighted by atomic mass is 15.1. The van der Waals surface area contributed by atoms with E-state index in [2.05, 4.69) is 43.2 Å². The second-order valence-corrected chi connectivity index (χ2v) is 6.82. The van der Waals surface area contributed by atoms with Crippen molar-refractivity contribution in [3.8, 4) is 11.3 Å². The molecule has 3 heteroatoms. The van der Waals surface area contributed by atoms with Crippen molar-refractivity contribution in [3.63, 3.8) is 0 Å². The van der Waals surface area contributed by atoms with Gasteiger partial charge in [0.25, 0.3) is 0 Å². The van der Waals surface area contributed by atoms with Gasteiger partial charge in [0.05, 0.1) is 11.9 Å². The molecule has 2 aliphatic heterocycles. The van der Waals surface area contributed by atoms with Gasteiger partial charge in [-0.15, -0.1) is 0 Å². The summed E-state index contributed by atoms with van der Waals surface area (Å²) in [6.07, 6.45) is 5.89. The van der Waals surface area contributed by atoms with E-state index in [1.165, 1.54) is 47.3 Å². The number of H-pyrrole nitrogens is 1. The summed E-state index contributed by atoms with van der Waals surface area (Å²) in [5.74, 6) is 1.74. The van der Waals surface area contributed by atoms with Gasteiger partial charge in [-0.2, -0.15) is 0 Å². The van der Waals surface area contributed by atoms with Crippen molar-refractivity contribution >= 4 is 0 Å².